The van der Waals surface area contributed by atoms with Gasteiger partial charge < -0.3 is 10.0 Å². The summed E-state index contributed by atoms with van der Waals surface area (Å²) >= 11 is 0. The second-order valence-electron chi connectivity index (χ2n) is 5.95. The lowest BCUT2D eigenvalue weighted by atomic mass is 10.0. The van der Waals surface area contributed by atoms with Gasteiger partial charge >= 0.3 is 0 Å². The van der Waals surface area contributed by atoms with Crippen molar-refractivity contribution in [3.05, 3.63) is 83.1 Å². The van der Waals surface area contributed by atoms with Gasteiger partial charge in [0.1, 0.15) is 17.4 Å². The maximum absolute atomic E-state index is 12.7. The van der Waals surface area contributed by atoms with Crippen molar-refractivity contribution >= 4 is 11.7 Å². The number of aliphatic hydroxyl groups excluding tert-OH is 1. The van der Waals surface area contributed by atoms with Crippen LogP contribution in [0.4, 0.5) is 0 Å². The SMILES string of the molecule is C/C(O)=C1\C(=O)C(Cc2ccccc2)N(Cc2ccccc2)C1=O. The summed E-state index contributed by atoms with van der Waals surface area (Å²) in [6, 6.07) is 18.6. The van der Waals surface area contributed by atoms with E-state index in [0.717, 1.165) is 11.1 Å². The quantitative estimate of drug-likeness (QED) is 0.535. The highest BCUT2D eigenvalue weighted by atomic mass is 16.3. The predicted octanol–water partition coefficient (Wildman–Crippen LogP) is 3.04. The lowest BCUT2D eigenvalue weighted by Gasteiger charge is -2.23. The van der Waals surface area contributed by atoms with Crippen LogP contribution in [0, 0.1) is 0 Å². The Labute approximate surface area is 141 Å². The smallest absolute Gasteiger partial charge is 0.261 e. The van der Waals surface area contributed by atoms with Crippen LogP contribution in [0.3, 0.4) is 0 Å². The van der Waals surface area contributed by atoms with Crippen molar-refractivity contribution in [3.8, 4) is 0 Å². The first-order chi connectivity index (χ1) is 11.6. The number of carbonyl (C=O) groups excluding carboxylic acids is 2. The maximum atomic E-state index is 12.7. The molecule has 24 heavy (non-hydrogen) atoms. The number of allylic oxidation sites excluding steroid dienone is 1. The van der Waals surface area contributed by atoms with Crippen molar-refractivity contribution in [2.24, 2.45) is 0 Å². The molecule has 1 unspecified atom stereocenters. The fourth-order valence-corrected chi connectivity index (χ4v) is 3.03. The molecule has 4 nitrogen and oxygen atoms in total. The normalized spacial score (nSPS) is 19.7. The molecule has 0 radical (unpaired) electrons. The number of carbonyl (C=O) groups is 2. The molecular weight excluding hydrogens is 302 g/mol. The van der Waals surface area contributed by atoms with Gasteiger partial charge in [0.05, 0.1) is 0 Å². The average molecular weight is 321 g/mol. The molecule has 1 N–H and O–H groups in total. The number of Topliss-reactive ketones (excluding diaryl/α,β-unsaturated/α-hetero) is 1. The van der Waals surface area contributed by atoms with Crippen LogP contribution in [0.15, 0.2) is 72.0 Å². The second-order valence-corrected chi connectivity index (χ2v) is 5.95. The monoisotopic (exact) mass is 321 g/mol. The first-order valence-corrected chi connectivity index (χ1v) is 7.91. The van der Waals surface area contributed by atoms with Crippen LogP contribution in [0.2, 0.25) is 0 Å². The Bertz CT molecular complexity index is 716. The van der Waals surface area contributed by atoms with Gasteiger partial charge in [-0.15, -0.1) is 0 Å². The fourth-order valence-electron chi connectivity index (χ4n) is 3.03. The van der Waals surface area contributed by atoms with Gasteiger partial charge in [0, 0.05) is 13.0 Å². The Hall–Kier alpha value is -2.88. The summed E-state index contributed by atoms with van der Waals surface area (Å²) < 4.78 is 0. The summed E-state index contributed by atoms with van der Waals surface area (Å²) in [4.78, 5) is 26.9. The molecule has 2 aromatic rings. The number of nitrogens with zero attached hydrogens (tertiary/aromatic N) is 1. The van der Waals surface area contributed by atoms with E-state index in [0.29, 0.717) is 13.0 Å². The minimum Gasteiger partial charge on any atom is -0.512 e. The average Bonchev–Trinajstić information content (AvgIpc) is 2.81. The Morgan fingerprint density at radius 3 is 2.04 bits per heavy atom. The highest BCUT2D eigenvalue weighted by Gasteiger charge is 2.44. The third-order valence-electron chi connectivity index (χ3n) is 4.23. The largest absolute Gasteiger partial charge is 0.512 e. The van der Waals surface area contributed by atoms with Crippen LogP contribution in [0.1, 0.15) is 18.1 Å². The number of benzene rings is 2. The van der Waals surface area contributed by atoms with E-state index in [4.69, 9.17) is 0 Å². The van der Waals surface area contributed by atoms with E-state index < -0.39 is 11.9 Å². The molecule has 1 heterocycles. The van der Waals surface area contributed by atoms with E-state index in [1.807, 2.05) is 60.7 Å². The van der Waals surface area contributed by atoms with E-state index in [-0.39, 0.29) is 17.1 Å². The Morgan fingerprint density at radius 1 is 0.958 bits per heavy atom. The van der Waals surface area contributed by atoms with E-state index in [2.05, 4.69) is 0 Å². The lowest BCUT2D eigenvalue weighted by molar-refractivity contribution is -0.127. The molecule has 1 saturated heterocycles. The number of rotatable bonds is 4. The summed E-state index contributed by atoms with van der Waals surface area (Å²) in [5.74, 6) is -0.914. The highest BCUT2D eigenvalue weighted by Crippen LogP contribution is 2.27. The molecule has 0 bridgehead atoms. The zero-order valence-electron chi connectivity index (χ0n) is 13.5. The summed E-state index contributed by atoms with van der Waals surface area (Å²) in [5, 5.41) is 9.77. The number of amides is 1. The van der Waals surface area contributed by atoms with Gasteiger partial charge in [0.2, 0.25) is 0 Å². The maximum Gasteiger partial charge on any atom is 0.261 e. The van der Waals surface area contributed by atoms with Crippen molar-refractivity contribution in [3.63, 3.8) is 0 Å². The van der Waals surface area contributed by atoms with Crippen LogP contribution in [0.25, 0.3) is 0 Å². The number of hydrogen-bond donors (Lipinski definition) is 1. The van der Waals surface area contributed by atoms with Crippen molar-refractivity contribution < 1.29 is 14.7 Å². The van der Waals surface area contributed by atoms with E-state index >= 15 is 0 Å². The highest BCUT2D eigenvalue weighted by molar-refractivity contribution is 6.26. The third kappa shape index (κ3) is 3.08. The summed E-state index contributed by atoms with van der Waals surface area (Å²) in [7, 11) is 0. The molecule has 2 aromatic carbocycles. The first kappa shape index (κ1) is 16.0. The predicted molar refractivity (Wildman–Crippen MR) is 91.3 cm³/mol. The minimum absolute atomic E-state index is 0.0909. The van der Waals surface area contributed by atoms with Gasteiger partial charge in [-0.25, -0.2) is 0 Å². The standard InChI is InChI=1S/C20H19NO3/c1-14(22)18-19(23)17(12-15-8-4-2-5-9-15)21(20(18)24)13-16-10-6-3-7-11-16/h2-11,17,22H,12-13H2,1H3/b18-14-. The van der Waals surface area contributed by atoms with E-state index in [1.54, 1.807) is 4.90 Å². The molecule has 122 valence electrons. The number of ketones is 1. The molecular formula is C20H19NO3. The minimum atomic E-state index is -0.586. The first-order valence-electron chi connectivity index (χ1n) is 7.91. The number of aliphatic hydroxyl groups is 1. The van der Waals surface area contributed by atoms with Gasteiger partial charge in [-0.1, -0.05) is 60.7 Å². The van der Waals surface area contributed by atoms with Crippen molar-refractivity contribution in [2.45, 2.75) is 25.9 Å². The Balaban J connectivity index is 1.94. The molecule has 1 aliphatic rings. The van der Waals surface area contributed by atoms with E-state index in [9.17, 15) is 14.7 Å². The molecule has 0 aliphatic carbocycles. The molecule has 1 aliphatic heterocycles. The van der Waals surface area contributed by atoms with Crippen LogP contribution in [-0.4, -0.2) is 27.7 Å². The number of hydrogen-bond acceptors (Lipinski definition) is 3. The summed E-state index contributed by atoms with van der Waals surface area (Å²) in [6.45, 7) is 1.73. The summed E-state index contributed by atoms with van der Waals surface area (Å²) in [6.07, 6.45) is 0.440. The van der Waals surface area contributed by atoms with Gasteiger partial charge in [0.25, 0.3) is 5.91 Å². The van der Waals surface area contributed by atoms with Gasteiger partial charge in [0.15, 0.2) is 5.78 Å². The Kier molecular flexibility index (Phi) is 4.47. The zero-order chi connectivity index (χ0) is 17.1. The van der Waals surface area contributed by atoms with Gasteiger partial charge in [-0.05, 0) is 18.1 Å². The van der Waals surface area contributed by atoms with Crippen molar-refractivity contribution in [1.29, 1.82) is 0 Å². The van der Waals surface area contributed by atoms with Gasteiger partial charge in [-0.3, -0.25) is 9.59 Å². The van der Waals surface area contributed by atoms with Crippen molar-refractivity contribution in [2.75, 3.05) is 0 Å². The summed E-state index contributed by atoms with van der Waals surface area (Å²) in [5.41, 5.74) is 1.85. The topological polar surface area (TPSA) is 57.6 Å². The number of likely N-dealkylation sites (tertiary alicyclic amines) is 1. The molecule has 0 aromatic heterocycles. The molecule has 3 rings (SSSR count). The third-order valence-corrected chi connectivity index (χ3v) is 4.23. The molecule has 1 atom stereocenters. The molecule has 0 spiro atoms. The Morgan fingerprint density at radius 2 is 1.50 bits per heavy atom. The van der Waals surface area contributed by atoms with Crippen LogP contribution >= 0.6 is 0 Å². The second kappa shape index (κ2) is 6.71. The van der Waals surface area contributed by atoms with E-state index in [1.165, 1.54) is 6.92 Å². The van der Waals surface area contributed by atoms with Crippen molar-refractivity contribution in [1.82, 2.24) is 4.90 Å². The lowest BCUT2D eigenvalue weighted by Crippen LogP contribution is -2.36. The van der Waals surface area contributed by atoms with Crippen LogP contribution < -0.4 is 0 Å². The van der Waals surface area contributed by atoms with Crippen LogP contribution in [-0.2, 0) is 22.6 Å². The molecule has 0 saturated carbocycles. The van der Waals surface area contributed by atoms with Crippen LogP contribution in [0.5, 0.6) is 0 Å². The zero-order valence-corrected chi connectivity index (χ0v) is 13.5. The van der Waals surface area contributed by atoms with Gasteiger partial charge in [-0.2, -0.15) is 0 Å². The molecule has 4 heteroatoms. The molecule has 1 amide bonds. The fraction of sp³-hybridized carbons (Fsp3) is 0.200. The molecule has 1 fully saturated rings.